The van der Waals surface area contributed by atoms with Gasteiger partial charge >= 0.3 is 11.9 Å². The fraction of sp³-hybridized carbons (Fsp3) is 0.938. The third-order valence-corrected chi connectivity index (χ3v) is 31.2. The van der Waals surface area contributed by atoms with Crippen LogP contribution in [0, 0.1) is 49.7 Å². The second-order valence-electron chi connectivity index (χ2n) is 38.8. The van der Waals surface area contributed by atoms with Gasteiger partial charge in [0.1, 0.15) is 177 Å². The molecule has 5 aliphatic carbocycles. The molecule has 0 amide bonds. The van der Waals surface area contributed by atoms with E-state index in [1.54, 1.807) is 6.92 Å². The average Bonchev–Trinajstić information content (AvgIpc) is 0.657. The molecule has 12 unspecified atom stereocenters. The summed E-state index contributed by atoms with van der Waals surface area (Å²) >= 11 is 0. The van der Waals surface area contributed by atoms with Crippen LogP contribution < -0.4 is 0 Å². The summed E-state index contributed by atoms with van der Waals surface area (Å²) in [5.74, 6) is -3.61. The quantitative estimate of drug-likeness (QED) is 0.0207. The largest absolute Gasteiger partial charge is 0.479 e. The third kappa shape index (κ3) is 17.1. The first-order chi connectivity index (χ1) is 58.7. The number of fused-ring (bicyclic) bond motifs is 7. The molecule has 23 N–H and O–H groups in total. The van der Waals surface area contributed by atoms with Crippen LogP contribution in [-0.2, 0) is 99.6 Å². The number of aldehydes is 1. The fourth-order valence-corrected chi connectivity index (χ4v) is 23.0. The van der Waals surface area contributed by atoms with Gasteiger partial charge < -0.3 is 208 Å². The molecule has 0 spiro atoms. The van der Waals surface area contributed by atoms with E-state index in [4.69, 9.17) is 85.3 Å². The first kappa shape index (κ1) is 97.8. The maximum Gasteiger partial charge on any atom is 0.335 e. The van der Waals surface area contributed by atoms with E-state index < -0.39 is 354 Å². The van der Waals surface area contributed by atoms with Crippen molar-refractivity contribution in [2.24, 2.45) is 49.7 Å². The standard InChI is InChI=1S/C81H128O44/c1-28-40(89)59(120-66-48(97)42(91)33(86)24-109-66)54(103)71(112-28)117-56-29(2)113-73(61(52(56)101)122-68-53(102)57(35(88)26-111-68)118-65-47(96)41(90)32(85)23-108-65)125-74(107)81-18-16-75(3,4)20-31(81)30-10-14-80(9)78(7)13-12-39(76(5,27-84)38(78)11-15-79(80,8)77(30,6)17-19-81)116-72-55(104)60(121-67-49(98)43(92)34(87)25-110-67)62(63(124-72)64(105)106)123-70-51(100)46(95)58(37(22-83)115-70)119-69-50(99)45(94)44(93)36(21-82)114-69/h10,27-29,31-63,65-73,82-83,85-104H,11-26H2,1-9H3,(H,105,106)/t28-,29+,31+,32-,33-,34+,35-,36-,37-,38+,39?,40+,41+,42+,43+,44+,45+,46-,47-,48-,49-,50-,51-,52-,53-,54-,55-,56+,57+,58?,59+,60-,61-,62?,63+,65?,66?,67?,68?,69?,70?,71?,72?,73?,76+,77-,78+,79+,80-,81+/m1/s1. The maximum atomic E-state index is 16.2. The molecule has 44 nitrogen and oxygen atoms in total. The Balaban J connectivity index is 0.718. The zero-order chi connectivity index (χ0) is 91.1. The lowest BCUT2D eigenvalue weighted by Crippen LogP contribution is -2.71. The molecule has 9 heterocycles. The van der Waals surface area contributed by atoms with Gasteiger partial charge in [-0.3, -0.25) is 4.79 Å². The summed E-state index contributed by atoms with van der Waals surface area (Å²) in [6.45, 7) is 13.3. The SMILES string of the molecule is C[C@@H]1OC(OC(=O)[C@]23CCC(C)(C)C[C@H]2C2=CC[C@@]4(C)[C@@](C)(CC[C@@H]5[C@]4(C)CCC(OC4O[C@H](C(=O)O)C(OC6O[C@H](CO)C(OC7O[C@H](CO)[C@H](O)[C@H](O)[C@H]7O)[C@H](O)[C@H]6O)[C@H](OC6OC[C@H](O)[C@H](O)[C@H]6O)[C@H]4O)[C@@]5(C)C=O)[C@]2(C)CC3)[C@H](OC2OC[C@@H](O)[C@H](OC3OC[C@@H](O)[C@H](O)[C@H]3O)[C@H]2O)[C@H](O)[C@H]1OC1O[C@H](C)[C@H](O)[C@H](OC2OC[C@@H](O)[C@H](O)[C@H]2O)[C@H]1O. The van der Waals surface area contributed by atoms with Crippen molar-refractivity contribution in [3.05, 3.63) is 11.6 Å². The molecule has 14 rings (SSSR count). The molecule has 0 aromatic carbocycles. The van der Waals surface area contributed by atoms with Crippen LogP contribution in [0.15, 0.2) is 11.6 Å². The Hall–Kier alpha value is -3.21. The highest BCUT2D eigenvalue weighted by atomic mass is 16.8. The van der Waals surface area contributed by atoms with Gasteiger partial charge in [0.2, 0.25) is 6.29 Å². The van der Waals surface area contributed by atoms with Crippen molar-refractivity contribution in [3.8, 4) is 0 Å². The van der Waals surface area contributed by atoms with E-state index in [1.165, 1.54) is 13.8 Å². The van der Waals surface area contributed by atoms with E-state index in [0.29, 0.717) is 51.4 Å². The smallest absolute Gasteiger partial charge is 0.335 e. The zero-order valence-electron chi connectivity index (χ0n) is 70.7. The number of aliphatic hydroxyl groups excluding tert-OH is 22. The number of carboxylic acids is 1. The second kappa shape index (κ2) is 37.2. The van der Waals surface area contributed by atoms with Gasteiger partial charge in [0.15, 0.2) is 62.5 Å². The lowest BCUT2D eigenvalue weighted by atomic mass is 9.29. The number of aliphatic hydroxyl groups is 22. The molecule has 4 saturated carbocycles. The normalized spacial score (nSPS) is 55.0. The van der Waals surface area contributed by atoms with Crippen LogP contribution >= 0.6 is 0 Å². The van der Waals surface area contributed by atoms with E-state index in [-0.39, 0.29) is 18.3 Å². The number of hydrogen-bond donors (Lipinski definition) is 23. The first-order valence-electron chi connectivity index (χ1n) is 43.1. The zero-order valence-corrected chi connectivity index (χ0v) is 70.7. The summed E-state index contributed by atoms with van der Waals surface area (Å²) in [5.41, 5.74) is -4.93. The topological polar surface area (TPSA) is 683 Å². The molecule has 9 aliphatic heterocycles. The molecule has 125 heavy (non-hydrogen) atoms. The summed E-state index contributed by atoms with van der Waals surface area (Å²) in [7, 11) is 0. The van der Waals surface area contributed by atoms with Gasteiger partial charge in [0.25, 0.3) is 0 Å². The Labute approximate surface area is 718 Å². The van der Waals surface area contributed by atoms with Gasteiger partial charge in [-0.15, -0.1) is 0 Å². The van der Waals surface area contributed by atoms with Crippen molar-refractivity contribution in [3.63, 3.8) is 0 Å². The van der Waals surface area contributed by atoms with E-state index >= 15 is 4.79 Å². The van der Waals surface area contributed by atoms with Gasteiger partial charge in [-0.1, -0.05) is 60.1 Å². The Bertz CT molecular complexity index is 3720. The molecule has 0 radical (unpaired) electrons. The molecular formula is C81H128O44. The molecule has 14 aliphatic rings. The number of carbonyl (C=O) groups excluding carboxylic acids is 2. The van der Waals surface area contributed by atoms with Gasteiger partial charge in [-0.05, 0) is 117 Å². The van der Waals surface area contributed by atoms with Crippen LogP contribution in [0.4, 0.5) is 0 Å². The summed E-state index contributed by atoms with van der Waals surface area (Å²) in [4.78, 5) is 44.4. The van der Waals surface area contributed by atoms with E-state index in [2.05, 4.69) is 47.6 Å². The summed E-state index contributed by atoms with van der Waals surface area (Å²) in [6.07, 6.45) is -70.8. The lowest BCUT2D eigenvalue weighted by molar-refractivity contribution is -0.392. The van der Waals surface area contributed by atoms with Crippen LogP contribution in [0.3, 0.4) is 0 Å². The van der Waals surface area contributed by atoms with Crippen molar-refractivity contribution in [1.82, 2.24) is 0 Å². The number of rotatable bonds is 22. The summed E-state index contributed by atoms with van der Waals surface area (Å²) in [6, 6.07) is 0. The van der Waals surface area contributed by atoms with E-state index in [1.807, 2.05) is 0 Å². The molecular weight excluding hydrogens is 1680 g/mol. The Morgan fingerprint density at radius 2 is 0.872 bits per heavy atom. The monoisotopic (exact) mass is 1800 g/mol. The number of carbonyl (C=O) groups is 3. The van der Waals surface area contributed by atoms with Crippen LogP contribution in [0.5, 0.6) is 0 Å². The Morgan fingerprint density at radius 1 is 0.408 bits per heavy atom. The predicted molar refractivity (Wildman–Crippen MR) is 405 cm³/mol. The number of esters is 1. The third-order valence-electron chi connectivity index (χ3n) is 31.2. The van der Waals surface area contributed by atoms with Gasteiger partial charge in [-0.2, -0.15) is 0 Å². The highest BCUT2D eigenvalue weighted by Gasteiger charge is 2.75. The van der Waals surface area contributed by atoms with Crippen molar-refractivity contribution in [2.75, 3.05) is 39.6 Å². The number of aliphatic carboxylic acids is 1. The minimum Gasteiger partial charge on any atom is -0.479 e. The number of allylic oxidation sites excluding steroid dienone is 2. The average molecular weight is 1810 g/mol. The Kier molecular flexibility index (Phi) is 29.1. The minimum atomic E-state index is -2.32. The van der Waals surface area contributed by atoms with Gasteiger partial charge in [0, 0.05) is 0 Å². The highest BCUT2D eigenvalue weighted by molar-refractivity contribution is 5.79. The highest BCUT2D eigenvalue weighted by Crippen LogP contribution is 2.80. The number of hydrogen-bond acceptors (Lipinski definition) is 43. The minimum absolute atomic E-state index is 0.0787. The first-order valence-corrected chi connectivity index (χ1v) is 43.1. The lowest BCUT2D eigenvalue weighted by Gasteiger charge is -2.75. The molecule has 13 fully saturated rings. The van der Waals surface area contributed by atoms with E-state index in [0.717, 1.165) is 11.9 Å². The number of carboxylic acid groups (broad SMARTS) is 1. The molecule has 0 bridgehead atoms. The van der Waals surface area contributed by atoms with Crippen molar-refractivity contribution >= 4 is 18.2 Å². The second-order valence-corrected chi connectivity index (χ2v) is 38.8. The number of ether oxygens (including phenoxy) is 18. The summed E-state index contributed by atoms with van der Waals surface area (Å²) in [5, 5.41) is 254. The molecule has 0 aromatic heterocycles. The predicted octanol–water partition coefficient (Wildman–Crippen LogP) is -8.64. The molecule has 9 saturated heterocycles. The molecule has 50 atom stereocenters. The van der Waals surface area contributed by atoms with Crippen LogP contribution in [0.2, 0.25) is 0 Å². The van der Waals surface area contributed by atoms with Crippen molar-refractivity contribution in [1.29, 1.82) is 0 Å². The van der Waals surface area contributed by atoms with Gasteiger partial charge in [-0.25, -0.2) is 4.79 Å². The van der Waals surface area contributed by atoms with Crippen LogP contribution in [-0.4, -0.2) is 433 Å². The maximum absolute atomic E-state index is 16.2. The molecule has 0 aromatic rings. The fourth-order valence-electron chi connectivity index (χ4n) is 23.0. The van der Waals surface area contributed by atoms with Gasteiger partial charge in [0.05, 0.1) is 68.8 Å². The summed E-state index contributed by atoms with van der Waals surface area (Å²) < 4.78 is 108. The van der Waals surface area contributed by atoms with Crippen molar-refractivity contribution in [2.45, 2.75) is 385 Å². The molecule has 44 heteroatoms. The van der Waals surface area contributed by atoms with E-state index in [9.17, 15) is 127 Å². The van der Waals surface area contributed by atoms with Crippen LogP contribution in [0.25, 0.3) is 0 Å². The van der Waals surface area contributed by atoms with Crippen molar-refractivity contribution < 1.29 is 217 Å². The molecule has 716 valence electrons. The Morgan fingerprint density at radius 3 is 1.45 bits per heavy atom. The van der Waals surface area contributed by atoms with Crippen LogP contribution in [0.1, 0.15) is 127 Å².